The van der Waals surface area contributed by atoms with Crippen LogP contribution in [-0.4, -0.2) is 50.6 Å². The average molecular weight is 414 g/mol. The Balaban J connectivity index is 1.90. The van der Waals surface area contributed by atoms with E-state index in [2.05, 4.69) is 10.6 Å². The van der Waals surface area contributed by atoms with Gasteiger partial charge in [0.2, 0.25) is 11.8 Å². The largest absolute Gasteiger partial charge is 0.493 e. The van der Waals surface area contributed by atoms with Crippen molar-refractivity contribution in [3.05, 3.63) is 53.1 Å². The van der Waals surface area contributed by atoms with E-state index in [1.807, 2.05) is 62.2 Å². The normalized spacial score (nSPS) is 11.7. The zero-order valence-corrected chi connectivity index (χ0v) is 18.5. The Labute approximate surface area is 178 Å². The number of rotatable bonds is 9. The molecule has 7 nitrogen and oxygen atoms in total. The van der Waals surface area contributed by atoms with Gasteiger partial charge in [-0.3, -0.25) is 14.5 Å². The van der Waals surface area contributed by atoms with E-state index in [-0.39, 0.29) is 18.4 Å². The first-order valence-corrected chi connectivity index (χ1v) is 9.81. The molecular weight excluding hydrogens is 382 g/mol. The smallest absolute Gasteiger partial charge is 0.243 e. The van der Waals surface area contributed by atoms with Crippen molar-refractivity contribution in [2.45, 2.75) is 33.4 Å². The summed E-state index contributed by atoms with van der Waals surface area (Å²) in [5, 5.41) is 5.58. The number of methoxy groups -OCH3 is 2. The van der Waals surface area contributed by atoms with Crippen molar-refractivity contribution in [2.24, 2.45) is 0 Å². The summed E-state index contributed by atoms with van der Waals surface area (Å²) in [6.07, 6.45) is 0. The maximum absolute atomic E-state index is 12.5. The van der Waals surface area contributed by atoms with Crippen molar-refractivity contribution in [1.29, 1.82) is 0 Å². The second kappa shape index (κ2) is 10.6. The van der Waals surface area contributed by atoms with Crippen LogP contribution in [0.2, 0.25) is 0 Å². The maximum atomic E-state index is 12.5. The Morgan fingerprint density at radius 2 is 1.67 bits per heavy atom. The maximum Gasteiger partial charge on any atom is 0.243 e. The molecule has 0 heterocycles. The Kier molecular flexibility index (Phi) is 8.24. The zero-order valence-electron chi connectivity index (χ0n) is 18.5. The van der Waals surface area contributed by atoms with Gasteiger partial charge in [-0.2, -0.15) is 0 Å². The highest BCUT2D eigenvalue weighted by Crippen LogP contribution is 2.28. The molecule has 0 saturated carbocycles. The molecule has 0 saturated heterocycles. The number of hydrogen-bond donors (Lipinski definition) is 2. The van der Waals surface area contributed by atoms with Gasteiger partial charge < -0.3 is 20.1 Å². The third kappa shape index (κ3) is 5.97. The van der Waals surface area contributed by atoms with Crippen molar-refractivity contribution in [3.63, 3.8) is 0 Å². The molecular formula is C23H31N3O4. The number of para-hydroxylation sites is 1. The number of hydrogen-bond acceptors (Lipinski definition) is 5. The summed E-state index contributed by atoms with van der Waals surface area (Å²) >= 11 is 0. The third-order valence-corrected chi connectivity index (χ3v) is 5.09. The monoisotopic (exact) mass is 413 g/mol. The van der Waals surface area contributed by atoms with Gasteiger partial charge in [-0.15, -0.1) is 0 Å². The predicted molar refractivity (Wildman–Crippen MR) is 118 cm³/mol. The lowest BCUT2D eigenvalue weighted by molar-refractivity contribution is -0.127. The molecule has 7 heteroatoms. The van der Waals surface area contributed by atoms with Crippen LogP contribution in [0.15, 0.2) is 36.4 Å². The first kappa shape index (κ1) is 23.2. The highest BCUT2D eigenvalue weighted by Gasteiger charge is 2.19. The molecule has 0 aliphatic carbocycles. The van der Waals surface area contributed by atoms with E-state index in [1.165, 1.54) is 0 Å². The van der Waals surface area contributed by atoms with E-state index in [9.17, 15) is 9.59 Å². The molecule has 0 aliphatic rings. The summed E-state index contributed by atoms with van der Waals surface area (Å²) in [5.41, 5.74) is 3.74. The highest BCUT2D eigenvalue weighted by atomic mass is 16.5. The van der Waals surface area contributed by atoms with Crippen LogP contribution >= 0.6 is 0 Å². The minimum atomic E-state index is -0.411. The topological polar surface area (TPSA) is 79.9 Å². The predicted octanol–water partition coefficient (Wildman–Crippen LogP) is 2.90. The van der Waals surface area contributed by atoms with Gasteiger partial charge >= 0.3 is 0 Å². The Hall–Kier alpha value is -3.06. The van der Waals surface area contributed by atoms with E-state index in [0.29, 0.717) is 18.0 Å². The van der Waals surface area contributed by atoms with Crippen molar-refractivity contribution in [1.82, 2.24) is 10.2 Å². The lowest BCUT2D eigenvalue weighted by atomic mass is 10.1. The van der Waals surface area contributed by atoms with E-state index in [1.54, 1.807) is 21.1 Å². The number of benzene rings is 2. The van der Waals surface area contributed by atoms with E-state index in [4.69, 9.17) is 9.47 Å². The third-order valence-electron chi connectivity index (χ3n) is 5.09. The number of nitrogens with zero attached hydrogens (tertiary/aromatic N) is 1. The van der Waals surface area contributed by atoms with Crippen molar-refractivity contribution >= 4 is 17.5 Å². The summed E-state index contributed by atoms with van der Waals surface area (Å²) in [7, 11) is 5.04. The molecule has 2 amide bonds. The molecule has 2 aromatic rings. The van der Waals surface area contributed by atoms with Gasteiger partial charge in [0.05, 0.1) is 26.8 Å². The highest BCUT2D eigenvalue weighted by molar-refractivity contribution is 5.96. The molecule has 0 fully saturated rings. The van der Waals surface area contributed by atoms with Gasteiger partial charge in [0.1, 0.15) is 0 Å². The molecule has 0 aliphatic heterocycles. The summed E-state index contributed by atoms with van der Waals surface area (Å²) in [4.78, 5) is 26.7. The van der Waals surface area contributed by atoms with Crippen LogP contribution in [0.5, 0.6) is 11.5 Å². The number of likely N-dealkylation sites (N-methyl/N-ethyl adjacent to an activating group) is 1. The van der Waals surface area contributed by atoms with Gasteiger partial charge in [0.15, 0.2) is 11.5 Å². The quantitative estimate of drug-likeness (QED) is 0.661. The second-order valence-corrected chi connectivity index (χ2v) is 7.31. The van der Waals surface area contributed by atoms with Gasteiger partial charge in [-0.1, -0.05) is 24.3 Å². The Morgan fingerprint density at radius 1 is 1.03 bits per heavy atom. The lowest BCUT2D eigenvalue weighted by Gasteiger charge is -2.24. The van der Waals surface area contributed by atoms with E-state index in [0.717, 1.165) is 22.4 Å². The zero-order chi connectivity index (χ0) is 22.3. The number of anilines is 1. The Morgan fingerprint density at radius 3 is 2.27 bits per heavy atom. The summed E-state index contributed by atoms with van der Waals surface area (Å²) in [6, 6.07) is 11.1. The molecule has 0 radical (unpaired) electrons. The fourth-order valence-corrected chi connectivity index (χ4v) is 3.11. The van der Waals surface area contributed by atoms with Crippen LogP contribution in [-0.2, 0) is 16.1 Å². The van der Waals surface area contributed by atoms with E-state index >= 15 is 0 Å². The van der Waals surface area contributed by atoms with Crippen molar-refractivity contribution < 1.29 is 19.1 Å². The molecule has 0 unspecified atom stereocenters. The molecule has 2 rings (SSSR count). The van der Waals surface area contributed by atoms with E-state index < -0.39 is 6.04 Å². The van der Waals surface area contributed by atoms with Gasteiger partial charge in [0, 0.05) is 12.2 Å². The molecule has 0 aromatic heterocycles. The molecule has 30 heavy (non-hydrogen) atoms. The first-order chi connectivity index (χ1) is 14.3. The minimum absolute atomic E-state index is 0.0822. The van der Waals surface area contributed by atoms with Crippen LogP contribution in [0, 0.1) is 13.8 Å². The SMILES string of the molecule is COc1ccc(CN(C)[C@@H](C)C(=O)NCC(=O)Nc2c(C)cccc2C)cc1OC. The summed E-state index contributed by atoms with van der Waals surface area (Å²) < 4.78 is 10.6. The first-order valence-electron chi connectivity index (χ1n) is 9.81. The van der Waals surface area contributed by atoms with Crippen LogP contribution in [0.4, 0.5) is 5.69 Å². The second-order valence-electron chi connectivity index (χ2n) is 7.31. The number of carbonyl (C=O) groups excluding carboxylic acids is 2. The van der Waals surface area contributed by atoms with Crippen molar-refractivity contribution in [2.75, 3.05) is 33.1 Å². The molecule has 0 spiro atoms. The van der Waals surface area contributed by atoms with Crippen molar-refractivity contribution in [3.8, 4) is 11.5 Å². The number of ether oxygens (including phenoxy) is 2. The van der Waals surface area contributed by atoms with Crippen LogP contribution < -0.4 is 20.1 Å². The standard InChI is InChI=1S/C23H31N3O4/c1-15-8-7-9-16(2)22(15)25-21(27)13-24-23(28)17(3)26(4)14-18-10-11-19(29-5)20(12-18)30-6/h7-12,17H,13-14H2,1-6H3,(H,24,28)(H,25,27)/t17-/m0/s1. The summed E-state index contributed by atoms with van der Waals surface area (Å²) in [6.45, 7) is 6.14. The van der Waals surface area contributed by atoms with Crippen LogP contribution in [0.3, 0.4) is 0 Å². The molecule has 2 aromatic carbocycles. The lowest BCUT2D eigenvalue weighted by Crippen LogP contribution is -2.45. The fraction of sp³-hybridized carbons (Fsp3) is 0.391. The van der Waals surface area contributed by atoms with Gasteiger partial charge in [-0.05, 0) is 56.6 Å². The van der Waals surface area contributed by atoms with Gasteiger partial charge in [0.25, 0.3) is 0 Å². The van der Waals surface area contributed by atoms with Crippen LogP contribution in [0.25, 0.3) is 0 Å². The number of carbonyl (C=O) groups is 2. The average Bonchev–Trinajstić information content (AvgIpc) is 2.73. The summed E-state index contributed by atoms with van der Waals surface area (Å²) in [5.74, 6) is 0.832. The Bertz CT molecular complexity index is 878. The molecule has 0 bridgehead atoms. The number of aryl methyl sites for hydroxylation is 2. The number of amides is 2. The molecule has 162 valence electrons. The molecule has 1 atom stereocenters. The minimum Gasteiger partial charge on any atom is -0.493 e. The van der Waals surface area contributed by atoms with Crippen LogP contribution in [0.1, 0.15) is 23.6 Å². The number of nitrogens with one attached hydrogen (secondary N) is 2. The molecule has 2 N–H and O–H groups in total. The van der Waals surface area contributed by atoms with Gasteiger partial charge in [-0.25, -0.2) is 0 Å². The fourth-order valence-electron chi connectivity index (χ4n) is 3.11.